The Morgan fingerprint density at radius 3 is 2.88 bits per heavy atom. The maximum Gasteiger partial charge on any atom is 0.268 e. The molecule has 90 valence electrons. The molecular weight excluding hydrogens is 224 g/mol. The van der Waals surface area contributed by atoms with Gasteiger partial charge in [-0.3, -0.25) is 10.2 Å². The van der Waals surface area contributed by atoms with E-state index in [1.54, 1.807) is 18.4 Å². The highest BCUT2D eigenvalue weighted by Crippen LogP contribution is 2.13. The van der Waals surface area contributed by atoms with Crippen molar-refractivity contribution in [2.24, 2.45) is 5.84 Å². The van der Waals surface area contributed by atoms with Crippen LogP contribution in [0.5, 0.6) is 0 Å². The fourth-order valence-electron chi connectivity index (χ4n) is 1.37. The lowest BCUT2D eigenvalue weighted by Crippen LogP contribution is -2.30. The summed E-state index contributed by atoms with van der Waals surface area (Å²) in [6.07, 6.45) is 2.98. The summed E-state index contributed by atoms with van der Waals surface area (Å²) in [5.41, 5.74) is 2.41. The van der Waals surface area contributed by atoms with E-state index in [4.69, 9.17) is 19.4 Å². The van der Waals surface area contributed by atoms with Crippen molar-refractivity contribution in [2.75, 3.05) is 0 Å². The predicted octanol–water partition coefficient (Wildman–Crippen LogP) is 1.19. The third-order valence-electron chi connectivity index (χ3n) is 2.18. The molecule has 2 aromatic heterocycles. The van der Waals surface area contributed by atoms with Crippen molar-refractivity contribution < 1.29 is 18.4 Å². The van der Waals surface area contributed by atoms with Gasteiger partial charge in [0, 0.05) is 0 Å². The lowest BCUT2D eigenvalue weighted by molar-refractivity contribution is 0.0778. The third-order valence-corrected chi connectivity index (χ3v) is 2.18. The van der Waals surface area contributed by atoms with Crippen molar-refractivity contribution in [3.8, 4) is 0 Å². The average molecular weight is 236 g/mol. The Bertz CT molecular complexity index is 475. The van der Waals surface area contributed by atoms with Gasteiger partial charge in [0.15, 0.2) is 0 Å². The lowest BCUT2D eigenvalue weighted by Gasteiger charge is -2.02. The van der Waals surface area contributed by atoms with Crippen molar-refractivity contribution >= 4 is 5.91 Å². The number of nitrogens with one attached hydrogen (secondary N) is 1. The number of furan rings is 2. The summed E-state index contributed by atoms with van der Waals surface area (Å²) in [6, 6.07) is 5.11. The number of nitrogen functional groups attached to an aromatic ring is 1. The van der Waals surface area contributed by atoms with Gasteiger partial charge in [0.25, 0.3) is 5.91 Å². The Balaban J connectivity index is 1.91. The molecule has 0 aliphatic rings. The fourth-order valence-corrected chi connectivity index (χ4v) is 1.37. The van der Waals surface area contributed by atoms with Crippen LogP contribution >= 0.6 is 0 Å². The van der Waals surface area contributed by atoms with E-state index in [0.29, 0.717) is 23.7 Å². The van der Waals surface area contributed by atoms with Crippen LogP contribution in [-0.2, 0) is 18.0 Å². The van der Waals surface area contributed by atoms with E-state index in [1.807, 2.05) is 5.43 Å². The molecule has 2 aromatic rings. The van der Waals surface area contributed by atoms with E-state index in [-0.39, 0.29) is 6.61 Å². The van der Waals surface area contributed by atoms with Gasteiger partial charge in [0.2, 0.25) is 0 Å². The molecule has 0 radical (unpaired) electrons. The molecule has 17 heavy (non-hydrogen) atoms. The third kappa shape index (κ3) is 2.74. The Kier molecular flexibility index (Phi) is 3.59. The molecule has 0 aromatic carbocycles. The minimum absolute atomic E-state index is 0.177. The summed E-state index contributed by atoms with van der Waals surface area (Å²) in [4.78, 5) is 11.3. The maximum absolute atomic E-state index is 11.3. The number of carbonyl (C=O) groups is 1. The minimum Gasteiger partial charge on any atom is -0.467 e. The van der Waals surface area contributed by atoms with E-state index in [9.17, 15) is 4.79 Å². The number of ether oxygens (including phenoxy) is 1. The molecule has 0 saturated carbocycles. The van der Waals surface area contributed by atoms with Crippen LogP contribution in [0.2, 0.25) is 0 Å². The zero-order chi connectivity index (χ0) is 12.1. The van der Waals surface area contributed by atoms with Crippen LogP contribution in [0.4, 0.5) is 0 Å². The molecule has 2 heterocycles. The number of carbonyl (C=O) groups excluding carboxylic acids is 1. The predicted molar refractivity (Wildman–Crippen MR) is 57.6 cm³/mol. The minimum atomic E-state index is -0.407. The van der Waals surface area contributed by atoms with Gasteiger partial charge in [-0.25, -0.2) is 5.84 Å². The smallest absolute Gasteiger partial charge is 0.268 e. The standard InChI is InChI=1S/C11H12N2O4/c12-13-11(14)9-3-5-17-10(9)7-15-6-8-2-1-4-16-8/h1-5H,6-7,12H2,(H,13,14). The van der Waals surface area contributed by atoms with Gasteiger partial charge in [0.05, 0.1) is 18.1 Å². The van der Waals surface area contributed by atoms with Gasteiger partial charge < -0.3 is 13.6 Å². The maximum atomic E-state index is 11.3. The van der Waals surface area contributed by atoms with Crippen LogP contribution in [0.25, 0.3) is 0 Å². The number of amides is 1. The monoisotopic (exact) mass is 236 g/mol. The first kappa shape index (κ1) is 11.4. The Hall–Kier alpha value is -2.05. The van der Waals surface area contributed by atoms with Gasteiger partial charge in [-0.2, -0.15) is 0 Å². The van der Waals surface area contributed by atoms with Crippen LogP contribution in [-0.4, -0.2) is 5.91 Å². The van der Waals surface area contributed by atoms with Crippen molar-refractivity contribution in [1.29, 1.82) is 0 Å². The molecule has 0 bridgehead atoms. The normalized spacial score (nSPS) is 10.4. The van der Waals surface area contributed by atoms with Gasteiger partial charge in [-0.05, 0) is 18.2 Å². The molecule has 3 N–H and O–H groups in total. The number of hydrogen-bond acceptors (Lipinski definition) is 5. The van der Waals surface area contributed by atoms with E-state index < -0.39 is 5.91 Å². The van der Waals surface area contributed by atoms with E-state index in [0.717, 1.165) is 0 Å². The first-order chi connectivity index (χ1) is 8.31. The van der Waals surface area contributed by atoms with Crippen LogP contribution < -0.4 is 11.3 Å². The summed E-state index contributed by atoms with van der Waals surface area (Å²) in [5.74, 6) is 5.77. The molecule has 0 unspecified atom stereocenters. The number of rotatable bonds is 5. The van der Waals surface area contributed by atoms with E-state index >= 15 is 0 Å². The quantitative estimate of drug-likeness (QED) is 0.462. The van der Waals surface area contributed by atoms with Crippen molar-refractivity contribution in [3.63, 3.8) is 0 Å². The molecule has 0 aliphatic carbocycles. The average Bonchev–Trinajstić information content (AvgIpc) is 2.99. The molecule has 0 atom stereocenters. The zero-order valence-corrected chi connectivity index (χ0v) is 9.01. The van der Waals surface area contributed by atoms with Gasteiger partial charge in [-0.15, -0.1) is 0 Å². The van der Waals surface area contributed by atoms with E-state index in [1.165, 1.54) is 12.3 Å². The van der Waals surface area contributed by atoms with Gasteiger partial charge in [0.1, 0.15) is 24.7 Å². The number of hydrazine groups is 1. The lowest BCUT2D eigenvalue weighted by atomic mass is 10.2. The topological polar surface area (TPSA) is 90.6 Å². The van der Waals surface area contributed by atoms with Crippen molar-refractivity contribution in [1.82, 2.24) is 5.43 Å². The number of hydrogen-bond donors (Lipinski definition) is 2. The zero-order valence-electron chi connectivity index (χ0n) is 9.01. The first-order valence-corrected chi connectivity index (χ1v) is 4.98. The Labute approximate surface area is 97.3 Å². The summed E-state index contributed by atoms with van der Waals surface area (Å²) in [7, 11) is 0. The largest absolute Gasteiger partial charge is 0.467 e. The highest BCUT2D eigenvalue weighted by molar-refractivity contribution is 5.94. The Morgan fingerprint density at radius 1 is 1.29 bits per heavy atom. The molecule has 6 heteroatoms. The van der Waals surface area contributed by atoms with Crippen LogP contribution in [0.15, 0.2) is 39.6 Å². The van der Waals surface area contributed by atoms with Gasteiger partial charge in [-0.1, -0.05) is 0 Å². The molecule has 1 amide bonds. The van der Waals surface area contributed by atoms with E-state index in [2.05, 4.69) is 0 Å². The molecular formula is C11H12N2O4. The van der Waals surface area contributed by atoms with Gasteiger partial charge >= 0.3 is 0 Å². The first-order valence-electron chi connectivity index (χ1n) is 4.98. The molecule has 0 fully saturated rings. The van der Waals surface area contributed by atoms with Crippen molar-refractivity contribution in [3.05, 3.63) is 47.8 Å². The fraction of sp³-hybridized carbons (Fsp3) is 0.182. The summed E-state index contributed by atoms with van der Waals surface area (Å²) in [5, 5.41) is 0. The number of nitrogens with two attached hydrogens (primary N) is 1. The highest BCUT2D eigenvalue weighted by Gasteiger charge is 2.13. The molecule has 0 saturated heterocycles. The molecule has 0 spiro atoms. The Morgan fingerprint density at radius 2 is 2.18 bits per heavy atom. The van der Waals surface area contributed by atoms with Crippen molar-refractivity contribution in [2.45, 2.75) is 13.2 Å². The highest BCUT2D eigenvalue weighted by atomic mass is 16.5. The summed E-state index contributed by atoms with van der Waals surface area (Å²) in [6.45, 7) is 0.494. The second-order valence-corrected chi connectivity index (χ2v) is 3.30. The molecule has 2 rings (SSSR count). The van der Waals surface area contributed by atoms with Crippen LogP contribution in [0.1, 0.15) is 21.9 Å². The SMILES string of the molecule is NNC(=O)c1ccoc1COCc1ccco1. The molecule has 0 aliphatic heterocycles. The van der Waals surface area contributed by atoms with Crippen LogP contribution in [0, 0.1) is 0 Å². The second kappa shape index (κ2) is 5.33. The molecule has 6 nitrogen and oxygen atoms in total. The second-order valence-electron chi connectivity index (χ2n) is 3.30. The summed E-state index contributed by atoms with van der Waals surface area (Å²) >= 11 is 0. The summed E-state index contributed by atoms with van der Waals surface area (Å²) < 4.78 is 15.6. The van der Waals surface area contributed by atoms with Crippen LogP contribution in [0.3, 0.4) is 0 Å².